The van der Waals surface area contributed by atoms with E-state index in [0.717, 1.165) is 11.6 Å². The van der Waals surface area contributed by atoms with Gasteiger partial charge in [-0.25, -0.2) is 27.9 Å². The topological polar surface area (TPSA) is 144 Å². The van der Waals surface area contributed by atoms with Crippen LogP contribution in [0.4, 0.5) is 16.4 Å². The fraction of sp³-hybridized carbons (Fsp3) is 0.312. The van der Waals surface area contributed by atoms with Gasteiger partial charge >= 0.3 is 6.03 Å². The number of aryl methyl sites for hydroxylation is 3. The third kappa shape index (κ3) is 3.87. The molecule has 11 heteroatoms. The molecule has 0 atom stereocenters. The minimum Gasteiger partial charge on any atom is -0.275 e. The zero-order chi connectivity index (χ0) is 19.8. The van der Waals surface area contributed by atoms with Crippen molar-refractivity contribution in [2.45, 2.75) is 38.0 Å². The van der Waals surface area contributed by atoms with E-state index in [1.165, 1.54) is 0 Å². The summed E-state index contributed by atoms with van der Waals surface area (Å²) in [5.74, 6) is -0.0620. The van der Waals surface area contributed by atoms with Gasteiger partial charge in [-0.3, -0.25) is 15.4 Å². The third-order valence-electron chi connectivity index (χ3n) is 4.11. The minimum atomic E-state index is -4.46. The fourth-order valence-electron chi connectivity index (χ4n) is 3.15. The number of fused-ring (bicyclic) bond motifs is 1. The van der Waals surface area contributed by atoms with E-state index in [4.69, 9.17) is 0 Å². The molecule has 1 aliphatic carbocycles. The van der Waals surface area contributed by atoms with Crippen LogP contribution in [0.2, 0.25) is 0 Å². The van der Waals surface area contributed by atoms with E-state index in [1.54, 1.807) is 26.0 Å². The molecule has 2 aromatic rings. The van der Waals surface area contributed by atoms with Gasteiger partial charge in [-0.05, 0) is 50.3 Å². The maximum absolute atomic E-state index is 12.7. The van der Waals surface area contributed by atoms with E-state index < -0.39 is 31.6 Å². The zero-order valence-corrected chi connectivity index (χ0v) is 15.5. The van der Waals surface area contributed by atoms with Crippen LogP contribution in [0.3, 0.4) is 0 Å². The standard InChI is InChI=1S/C16H17N5O5S/c1-9-8-10(2)18-15(17-9)19-16(22)20-27(25,26)14-12-5-3-4-11(12)6-7-13(14)21(23)24/h6-8H,3-5H2,1-2H3,(H2,17,18,19,20,22). The van der Waals surface area contributed by atoms with Gasteiger partial charge in [0.05, 0.1) is 4.92 Å². The SMILES string of the molecule is Cc1cc(C)nc(NC(=O)NS(=O)(=O)c2c([N+](=O)[O-])ccc3c2CCC3)n1. The van der Waals surface area contributed by atoms with E-state index in [-0.39, 0.29) is 5.95 Å². The number of benzene rings is 1. The van der Waals surface area contributed by atoms with Crippen molar-refractivity contribution in [2.24, 2.45) is 0 Å². The Kier molecular flexibility index (Phi) is 4.79. The number of nitro groups is 1. The summed E-state index contributed by atoms with van der Waals surface area (Å²) in [6.45, 7) is 3.40. The molecular formula is C16H17N5O5S. The number of nitro benzene ring substituents is 1. The predicted molar refractivity (Wildman–Crippen MR) is 96.0 cm³/mol. The van der Waals surface area contributed by atoms with Crippen LogP contribution in [0.15, 0.2) is 23.1 Å². The molecule has 1 aliphatic rings. The zero-order valence-electron chi connectivity index (χ0n) is 14.6. The molecule has 142 valence electrons. The Morgan fingerprint density at radius 1 is 1.19 bits per heavy atom. The number of sulfonamides is 1. The summed E-state index contributed by atoms with van der Waals surface area (Å²) in [5, 5.41) is 13.6. The largest absolute Gasteiger partial charge is 0.335 e. The molecule has 2 N–H and O–H groups in total. The van der Waals surface area contributed by atoms with Gasteiger partial charge in [-0.15, -0.1) is 0 Å². The Hall–Kier alpha value is -3.08. The summed E-state index contributed by atoms with van der Waals surface area (Å²) < 4.78 is 27.3. The van der Waals surface area contributed by atoms with Gasteiger partial charge in [0.15, 0.2) is 4.90 Å². The van der Waals surface area contributed by atoms with Crippen molar-refractivity contribution in [3.8, 4) is 0 Å². The smallest absolute Gasteiger partial charge is 0.275 e. The highest BCUT2D eigenvalue weighted by molar-refractivity contribution is 7.90. The van der Waals surface area contributed by atoms with Crippen molar-refractivity contribution < 1.29 is 18.1 Å². The summed E-state index contributed by atoms with van der Waals surface area (Å²) in [6.07, 6.45) is 1.73. The van der Waals surface area contributed by atoms with Crippen molar-refractivity contribution in [3.05, 3.63) is 50.8 Å². The number of aromatic nitrogens is 2. The first-order chi connectivity index (χ1) is 12.7. The number of hydrogen-bond donors (Lipinski definition) is 2. The average Bonchev–Trinajstić information content (AvgIpc) is 3.00. The van der Waals surface area contributed by atoms with E-state index in [9.17, 15) is 23.3 Å². The number of urea groups is 1. The molecule has 0 saturated carbocycles. The van der Waals surface area contributed by atoms with Crippen molar-refractivity contribution in [2.75, 3.05) is 5.32 Å². The Morgan fingerprint density at radius 2 is 1.85 bits per heavy atom. The molecule has 27 heavy (non-hydrogen) atoms. The summed E-state index contributed by atoms with van der Waals surface area (Å²) in [7, 11) is -4.46. The summed E-state index contributed by atoms with van der Waals surface area (Å²) in [4.78, 5) is 30.2. The Bertz CT molecular complexity index is 1030. The van der Waals surface area contributed by atoms with Crippen LogP contribution in [-0.2, 0) is 22.9 Å². The van der Waals surface area contributed by atoms with Gasteiger partial charge in [0.1, 0.15) is 0 Å². The second kappa shape index (κ2) is 6.91. The van der Waals surface area contributed by atoms with Crippen LogP contribution < -0.4 is 10.0 Å². The van der Waals surface area contributed by atoms with Gasteiger partial charge in [-0.1, -0.05) is 6.07 Å². The number of nitrogens with zero attached hydrogens (tertiary/aromatic N) is 3. The van der Waals surface area contributed by atoms with Crippen LogP contribution in [0, 0.1) is 24.0 Å². The quantitative estimate of drug-likeness (QED) is 0.599. The molecule has 1 aromatic carbocycles. The highest BCUT2D eigenvalue weighted by atomic mass is 32.2. The van der Waals surface area contributed by atoms with E-state index in [1.807, 2.05) is 4.72 Å². The van der Waals surface area contributed by atoms with Crippen molar-refractivity contribution in [3.63, 3.8) is 0 Å². The fourth-order valence-corrected chi connectivity index (χ4v) is 4.52. The first-order valence-electron chi connectivity index (χ1n) is 8.12. The van der Waals surface area contributed by atoms with Gasteiger partial charge < -0.3 is 0 Å². The Morgan fingerprint density at radius 3 is 2.48 bits per heavy atom. The molecule has 0 saturated heterocycles. The lowest BCUT2D eigenvalue weighted by atomic mass is 10.1. The van der Waals surface area contributed by atoms with Gasteiger partial charge in [-0.2, -0.15) is 0 Å². The highest BCUT2D eigenvalue weighted by Crippen LogP contribution is 2.35. The highest BCUT2D eigenvalue weighted by Gasteiger charge is 2.33. The number of anilines is 1. The van der Waals surface area contributed by atoms with Crippen LogP contribution in [0.5, 0.6) is 0 Å². The monoisotopic (exact) mass is 391 g/mol. The molecule has 1 aromatic heterocycles. The molecule has 2 amide bonds. The Labute approximate surface area is 155 Å². The maximum Gasteiger partial charge on any atom is 0.335 e. The summed E-state index contributed by atoms with van der Waals surface area (Å²) in [5.41, 5.74) is 1.75. The second-order valence-electron chi connectivity index (χ2n) is 6.20. The molecule has 3 rings (SSSR count). The maximum atomic E-state index is 12.7. The number of amides is 2. The van der Waals surface area contributed by atoms with E-state index >= 15 is 0 Å². The summed E-state index contributed by atoms with van der Waals surface area (Å²) >= 11 is 0. The molecule has 0 unspecified atom stereocenters. The molecule has 1 heterocycles. The summed E-state index contributed by atoms with van der Waals surface area (Å²) in [6, 6.07) is 3.31. The lowest BCUT2D eigenvalue weighted by molar-refractivity contribution is -0.387. The van der Waals surface area contributed by atoms with E-state index in [2.05, 4.69) is 15.3 Å². The minimum absolute atomic E-state index is 0.0620. The molecule has 0 aliphatic heterocycles. The number of nitrogens with one attached hydrogen (secondary N) is 2. The van der Waals surface area contributed by atoms with Crippen LogP contribution in [-0.4, -0.2) is 29.3 Å². The molecule has 0 spiro atoms. The van der Waals surface area contributed by atoms with Gasteiger partial charge in [0, 0.05) is 17.5 Å². The van der Waals surface area contributed by atoms with Gasteiger partial charge in [0.25, 0.3) is 15.7 Å². The van der Waals surface area contributed by atoms with Crippen LogP contribution in [0.25, 0.3) is 0 Å². The number of carbonyl (C=O) groups excluding carboxylic acids is 1. The number of carbonyl (C=O) groups is 1. The average molecular weight is 391 g/mol. The normalized spacial score (nSPS) is 13.1. The molecule has 10 nitrogen and oxygen atoms in total. The van der Waals surface area contributed by atoms with Crippen LogP contribution >= 0.6 is 0 Å². The number of hydrogen-bond acceptors (Lipinski definition) is 7. The second-order valence-corrected chi connectivity index (χ2v) is 7.82. The molecule has 0 fully saturated rings. The molecule has 0 radical (unpaired) electrons. The molecule has 0 bridgehead atoms. The predicted octanol–water partition coefficient (Wildman–Crippen LogP) is 2.00. The Balaban J connectivity index is 1.92. The first-order valence-corrected chi connectivity index (χ1v) is 9.61. The van der Waals surface area contributed by atoms with Crippen molar-refractivity contribution >= 4 is 27.7 Å². The van der Waals surface area contributed by atoms with Crippen molar-refractivity contribution in [1.82, 2.24) is 14.7 Å². The van der Waals surface area contributed by atoms with Crippen molar-refractivity contribution in [1.29, 1.82) is 0 Å². The first kappa shape index (κ1) is 18.7. The van der Waals surface area contributed by atoms with Gasteiger partial charge in [0.2, 0.25) is 5.95 Å². The molecular weight excluding hydrogens is 374 g/mol. The third-order valence-corrected chi connectivity index (χ3v) is 5.56. The van der Waals surface area contributed by atoms with E-state index in [0.29, 0.717) is 36.2 Å². The lowest BCUT2D eigenvalue weighted by Gasteiger charge is -2.12. The lowest BCUT2D eigenvalue weighted by Crippen LogP contribution is -2.35. The van der Waals surface area contributed by atoms with Crippen LogP contribution in [0.1, 0.15) is 28.9 Å². The number of rotatable bonds is 4.